The number of halogens is 1. The molecule has 27 heavy (non-hydrogen) atoms. The molecule has 3 rings (SSSR count). The predicted molar refractivity (Wildman–Crippen MR) is 107 cm³/mol. The van der Waals surface area contributed by atoms with Gasteiger partial charge in [-0.2, -0.15) is 12.8 Å². The molecule has 0 saturated carbocycles. The highest BCUT2D eigenvalue weighted by atomic mass is 35.5. The Balaban J connectivity index is 2.07. The molecule has 0 saturated heterocycles. The molecule has 138 valence electrons. The Morgan fingerprint density at radius 1 is 0.926 bits per heavy atom. The van der Waals surface area contributed by atoms with Crippen molar-refractivity contribution in [2.24, 2.45) is 0 Å². The van der Waals surface area contributed by atoms with Gasteiger partial charge in [-0.25, -0.2) is 5.32 Å². The number of rotatable bonds is 5. The highest BCUT2D eigenvalue weighted by Gasteiger charge is 2.21. The average Bonchev–Trinajstić information content (AvgIpc) is 2.69. The van der Waals surface area contributed by atoms with Crippen LogP contribution in [0.4, 0.5) is 5.69 Å². The van der Waals surface area contributed by atoms with Gasteiger partial charge in [0.05, 0.1) is 12.7 Å². The summed E-state index contributed by atoms with van der Waals surface area (Å²) in [4.78, 5) is 0.113. The Kier molecular flexibility index (Phi) is 5.78. The monoisotopic (exact) mass is 401 g/mol. The molecule has 5 nitrogen and oxygen atoms in total. The minimum absolute atomic E-state index is 0.113. The largest absolute Gasteiger partial charge is 0.492 e. The van der Waals surface area contributed by atoms with Crippen LogP contribution in [0.2, 0.25) is 5.02 Å². The lowest BCUT2D eigenvalue weighted by Crippen LogP contribution is -2.78. The number of anilines is 1. The van der Waals surface area contributed by atoms with Crippen LogP contribution in [0.5, 0.6) is 5.75 Å². The van der Waals surface area contributed by atoms with Crippen LogP contribution in [-0.2, 0) is 10.0 Å². The number of amidine groups is 1. The average molecular weight is 402 g/mol. The van der Waals surface area contributed by atoms with E-state index in [1.54, 1.807) is 19.2 Å². The predicted octanol–water partition coefficient (Wildman–Crippen LogP) is 2.68. The number of nitrogens with one attached hydrogen (secondary N) is 2. The van der Waals surface area contributed by atoms with Gasteiger partial charge in [-0.3, -0.25) is 0 Å². The first-order valence-corrected chi connectivity index (χ1v) is 9.96. The lowest BCUT2D eigenvalue weighted by atomic mass is 10.2. The quantitative estimate of drug-likeness (QED) is 0.509. The molecule has 0 spiro atoms. The van der Waals surface area contributed by atoms with Crippen LogP contribution in [0.1, 0.15) is 5.56 Å². The molecule has 0 aliphatic rings. The van der Waals surface area contributed by atoms with Crippen molar-refractivity contribution in [3.63, 3.8) is 0 Å². The fourth-order valence-corrected chi connectivity index (χ4v) is 3.63. The third-order valence-corrected chi connectivity index (χ3v) is 5.41. The van der Waals surface area contributed by atoms with Gasteiger partial charge in [-0.1, -0.05) is 41.9 Å². The van der Waals surface area contributed by atoms with Gasteiger partial charge in [0.15, 0.2) is 11.4 Å². The third kappa shape index (κ3) is 4.67. The van der Waals surface area contributed by atoms with E-state index in [-0.39, 0.29) is 4.90 Å². The summed E-state index contributed by atoms with van der Waals surface area (Å²) in [7, 11) is -2.26. The molecule has 7 heteroatoms. The summed E-state index contributed by atoms with van der Waals surface area (Å²) in [5.41, 5.74) is 1.32. The summed E-state index contributed by atoms with van der Waals surface area (Å²) in [6.07, 6.45) is 0. The van der Waals surface area contributed by atoms with Crippen LogP contribution in [-0.4, -0.2) is 21.4 Å². The summed E-state index contributed by atoms with van der Waals surface area (Å²) in [5.74, 6) is 0.909. The topological polar surface area (TPSA) is 69.4 Å². The second-order valence-electron chi connectivity index (χ2n) is 5.63. The lowest BCUT2D eigenvalue weighted by Gasteiger charge is -2.08. The number of ether oxygens (including phenoxy) is 1. The number of hydrogen-bond acceptors (Lipinski definition) is 3. The molecule has 0 aromatic heterocycles. The maximum Gasteiger partial charge on any atom is 0.328 e. The Labute approximate surface area is 163 Å². The van der Waals surface area contributed by atoms with E-state index >= 15 is 0 Å². The fraction of sp³-hybridized carbons (Fsp3) is 0.0500. The summed E-state index contributed by atoms with van der Waals surface area (Å²) >= 11 is 5.86. The summed E-state index contributed by atoms with van der Waals surface area (Å²) in [6.45, 7) is 0. The Bertz CT molecular complexity index is 1050. The van der Waals surface area contributed by atoms with E-state index in [9.17, 15) is 8.42 Å². The van der Waals surface area contributed by atoms with Crippen LogP contribution in [0, 0.1) is 0 Å². The number of methoxy groups -OCH3 is 1. The van der Waals surface area contributed by atoms with Gasteiger partial charge in [0.25, 0.3) is 5.84 Å². The SMILES string of the molecule is COc1ccccc1NC(=[NH+]S(=O)(=O)c1ccc(Cl)cc1)c1ccccc1. The standard InChI is InChI=1S/C20H17ClN2O3S/c1-26-19-10-6-5-9-18(19)22-20(15-7-3-2-4-8-15)23-27(24,25)17-13-11-16(21)12-14-17/h2-14H,1H3,(H,22,23)/p+1. The van der Waals surface area contributed by atoms with E-state index in [0.717, 1.165) is 0 Å². The van der Waals surface area contributed by atoms with Crippen LogP contribution >= 0.6 is 11.6 Å². The van der Waals surface area contributed by atoms with Gasteiger partial charge >= 0.3 is 10.0 Å². The molecule has 0 aliphatic heterocycles. The number of sulfonamides is 1. The summed E-state index contributed by atoms with van der Waals surface area (Å²) in [6, 6.07) is 22.4. The van der Waals surface area contributed by atoms with Crippen molar-refractivity contribution in [2.75, 3.05) is 12.4 Å². The highest BCUT2D eigenvalue weighted by Crippen LogP contribution is 2.23. The molecule has 3 aromatic rings. The van der Waals surface area contributed by atoms with Crippen molar-refractivity contribution in [2.45, 2.75) is 4.90 Å². The molecule has 0 amide bonds. The van der Waals surface area contributed by atoms with Crippen molar-refractivity contribution < 1.29 is 17.6 Å². The molecular weight excluding hydrogens is 384 g/mol. The van der Waals surface area contributed by atoms with Crippen molar-refractivity contribution in [1.82, 2.24) is 0 Å². The molecule has 0 bridgehead atoms. The van der Waals surface area contributed by atoms with E-state index < -0.39 is 10.0 Å². The van der Waals surface area contributed by atoms with Gasteiger partial charge in [0.2, 0.25) is 0 Å². The molecule has 0 atom stereocenters. The Morgan fingerprint density at radius 3 is 2.22 bits per heavy atom. The van der Waals surface area contributed by atoms with Crippen LogP contribution in [0.25, 0.3) is 0 Å². The molecule has 3 aromatic carbocycles. The van der Waals surface area contributed by atoms with E-state index in [4.69, 9.17) is 16.3 Å². The van der Waals surface area contributed by atoms with Gasteiger partial charge < -0.3 is 4.74 Å². The number of hydrogen-bond donors (Lipinski definition) is 2. The highest BCUT2D eigenvalue weighted by molar-refractivity contribution is 7.84. The normalized spacial score (nSPS) is 11.9. The van der Waals surface area contributed by atoms with Crippen LogP contribution in [0.3, 0.4) is 0 Å². The Hall–Kier alpha value is -2.83. The van der Waals surface area contributed by atoms with Crippen molar-refractivity contribution in [1.29, 1.82) is 0 Å². The molecular formula is C20H18ClN2O3S+. The van der Waals surface area contributed by atoms with E-state index in [1.165, 1.54) is 24.3 Å². The first-order valence-electron chi connectivity index (χ1n) is 8.10. The van der Waals surface area contributed by atoms with Crippen molar-refractivity contribution in [3.8, 4) is 5.75 Å². The maximum absolute atomic E-state index is 12.8. The zero-order valence-electron chi connectivity index (χ0n) is 14.5. The third-order valence-electron chi connectivity index (χ3n) is 3.79. The Morgan fingerprint density at radius 2 is 1.56 bits per heavy atom. The van der Waals surface area contributed by atoms with E-state index in [1.807, 2.05) is 42.5 Å². The van der Waals surface area contributed by atoms with Crippen LogP contribution < -0.4 is 14.5 Å². The van der Waals surface area contributed by atoms with Crippen molar-refractivity contribution >= 4 is 33.1 Å². The maximum atomic E-state index is 12.8. The van der Waals surface area contributed by atoms with Crippen LogP contribution in [0.15, 0.2) is 83.8 Å². The fourth-order valence-electron chi connectivity index (χ4n) is 2.45. The van der Waals surface area contributed by atoms with Crippen molar-refractivity contribution in [3.05, 3.63) is 89.4 Å². The molecule has 2 N–H and O–H groups in total. The number of benzene rings is 3. The van der Waals surface area contributed by atoms with Gasteiger partial charge in [-0.05, 0) is 48.5 Å². The molecule has 0 fully saturated rings. The second-order valence-corrected chi connectivity index (χ2v) is 7.74. The smallest absolute Gasteiger partial charge is 0.328 e. The molecule has 0 unspecified atom stereocenters. The zero-order chi connectivity index (χ0) is 19.3. The first-order chi connectivity index (χ1) is 13.0. The molecule has 0 aliphatic carbocycles. The van der Waals surface area contributed by atoms with Gasteiger partial charge in [-0.15, -0.1) is 0 Å². The minimum atomic E-state index is -3.81. The second kappa shape index (κ2) is 8.24. The molecule has 0 heterocycles. The van der Waals surface area contributed by atoms with E-state index in [0.29, 0.717) is 27.9 Å². The summed E-state index contributed by atoms with van der Waals surface area (Å²) in [5, 5.41) is 3.59. The van der Waals surface area contributed by atoms with E-state index in [2.05, 4.69) is 9.71 Å². The van der Waals surface area contributed by atoms with Gasteiger partial charge in [0.1, 0.15) is 4.90 Å². The molecule has 0 radical (unpaired) electrons. The zero-order valence-corrected chi connectivity index (χ0v) is 16.1. The number of para-hydroxylation sites is 2. The minimum Gasteiger partial charge on any atom is -0.492 e. The first kappa shape index (κ1) is 18.9. The lowest BCUT2D eigenvalue weighted by molar-refractivity contribution is -0.266. The van der Waals surface area contributed by atoms with Gasteiger partial charge in [0, 0.05) is 5.02 Å². The summed E-state index contributed by atoms with van der Waals surface area (Å²) < 4.78 is 33.6.